The van der Waals surface area contributed by atoms with Gasteiger partial charge in [0.25, 0.3) is 16.0 Å². The van der Waals surface area contributed by atoms with E-state index in [1.807, 2.05) is 6.92 Å². The van der Waals surface area contributed by atoms with E-state index in [2.05, 4.69) is 4.90 Å². The SMILES string of the molecule is C[C@@H]1CN(Cc2ccc(F)cc2)CCN1C(=O)COc1ccc(Cl)cc1CCCS(=O)(=O)O. The monoisotopic (exact) mass is 498 g/mol. The lowest BCUT2D eigenvalue weighted by atomic mass is 10.1. The van der Waals surface area contributed by atoms with Gasteiger partial charge in [-0.2, -0.15) is 8.42 Å². The smallest absolute Gasteiger partial charge is 0.264 e. The van der Waals surface area contributed by atoms with E-state index in [4.69, 9.17) is 20.9 Å². The largest absolute Gasteiger partial charge is 0.483 e. The van der Waals surface area contributed by atoms with Crippen molar-refractivity contribution >= 4 is 27.6 Å². The third kappa shape index (κ3) is 7.96. The van der Waals surface area contributed by atoms with Crippen molar-refractivity contribution in [1.82, 2.24) is 9.80 Å². The summed E-state index contributed by atoms with van der Waals surface area (Å²) in [6, 6.07) is 11.4. The summed E-state index contributed by atoms with van der Waals surface area (Å²) in [7, 11) is -4.05. The molecule has 1 aliphatic heterocycles. The van der Waals surface area contributed by atoms with Gasteiger partial charge in [-0.3, -0.25) is 14.2 Å². The van der Waals surface area contributed by atoms with Crippen molar-refractivity contribution < 1.29 is 26.9 Å². The van der Waals surface area contributed by atoms with Crippen LogP contribution in [0.2, 0.25) is 5.02 Å². The van der Waals surface area contributed by atoms with E-state index in [-0.39, 0.29) is 36.5 Å². The van der Waals surface area contributed by atoms with Gasteiger partial charge in [0.15, 0.2) is 6.61 Å². The fraction of sp³-hybridized carbons (Fsp3) is 0.435. The van der Waals surface area contributed by atoms with Crippen LogP contribution < -0.4 is 4.74 Å². The second kappa shape index (κ2) is 11.3. The zero-order valence-electron chi connectivity index (χ0n) is 18.4. The van der Waals surface area contributed by atoms with Crippen LogP contribution in [-0.4, -0.2) is 66.7 Å². The summed E-state index contributed by atoms with van der Waals surface area (Å²) in [4.78, 5) is 16.8. The number of carbonyl (C=O) groups excluding carboxylic acids is 1. The molecule has 1 atom stereocenters. The van der Waals surface area contributed by atoms with Gasteiger partial charge in [0.1, 0.15) is 11.6 Å². The number of ether oxygens (including phenoxy) is 1. The highest BCUT2D eigenvalue weighted by Gasteiger charge is 2.27. The Kier molecular flexibility index (Phi) is 8.69. The average Bonchev–Trinajstić information content (AvgIpc) is 2.74. The first-order valence-corrected chi connectivity index (χ1v) is 12.7. The Balaban J connectivity index is 1.53. The topological polar surface area (TPSA) is 87.2 Å². The molecule has 1 saturated heterocycles. The van der Waals surface area contributed by atoms with Gasteiger partial charge in [0, 0.05) is 37.2 Å². The molecule has 1 amide bonds. The Hall–Kier alpha value is -2.20. The molecule has 1 aliphatic rings. The van der Waals surface area contributed by atoms with Crippen LogP contribution in [0.4, 0.5) is 4.39 Å². The molecule has 0 bridgehead atoms. The van der Waals surface area contributed by atoms with Crippen molar-refractivity contribution in [2.24, 2.45) is 0 Å². The summed E-state index contributed by atoms with van der Waals surface area (Å²) in [6.07, 6.45) is 0.541. The third-order valence-electron chi connectivity index (χ3n) is 5.57. The molecule has 1 heterocycles. The van der Waals surface area contributed by atoms with Gasteiger partial charge >= 0.3 is 0 Å². The Morgan fingerprint density at radius 2 is 1.94 bits per heavy atom. The molecule has 0 saturated carbocycles. The fourth-order valence-corrected chi connectivity index (χ4v) is 4.65. The molecule has 0 aromatic heterocycles. The maximum Gasteiger partial charge on any atom is 0.264 e. The predicted molar refractivity (Wildman–Crippen MR) is 125 cm³/mol. The number of piperazine rings is 1. The summed E-state index contributed by atoms with van der Waals surface area (Å²) in [5.41, 5.74) is 1.70. The second-order valence-corrected chi connectivity index (χ2v) is 10.2. The molecule has 10 heteroatoms. The number of carbonyl (C=O) groups is 1. The van der Waals surface area contributed by atoms with E-state index < -0.39 is 10.1 Å². The number of nitrogens with zero attached hydrogens (tertiary/aromatic N) is 2. The summed E-state index contributed by atoms with van der Waals surface area (Å²) < 4.78 is 49.7. The maximum absolute atomic E-state index is 13.1. The standard InChI is InChI=1S/C23H28ClFN2O5S/c1-17-14-26(15-18-4-7-21(25)8-5-18)10-11-27(17)23(28)16-32-22-9-6-20(24)13-19(22)3-2-12-33(29,30)31/h4-9,13,17H,2-3,10-12,14-16H2,1H3,(H,29,30,31)/t17-/m1/s1. The van der Waals surface area contributed by atoms with Crippen LogP contribution in [-0.2, 0) is 27.9 Å². The minimum absolute atomic E-state index is 0.00486. The van der Waals surface area contributed by atoms with Crippen LogP contribution in [0.1, 0.15) is 24.5 Å². The molecule has 0 aliphatic carbocycles. The molecule has 0 unspecified atom stereocenters. The van der Waals surface area contributed by atoms with Gasteiger partial charge in [-0.05, 0) is 61.2 Å². The van der Waals surface area contributed by atoms with Crippen LogP contribution in [0.15, 0.2) is 42.5 Å². The van der Waals surface area contributed by atoms with E-state index >= 15 is 0 Å². The van der Waals surface area contributed by atoms with Crippen molar-refractivity contribution in [2.75, 3.05) is 32.0 Å². The molecule has 3 rings (SSSR count). The van der Waals surface area contributed by atoms with Crippen molar-refractivity contribution in [1.29, 1.82) is 0 Å². The first kappa shape index (κ1) is 25.4. The summed E-state index contributed by atoms with van der Waals surface area (Å²) >= 11 is 6.05. The van der Waals surface area contributed by atoms with Crippen LogP contribution >= 0.6 is 11.6 Å². The van der Waals surface area contributed by atoms with Crippen molar-refractivity contribution in [3.8, 4) is 5.75 Å². The number of hydrogen-bond acceptors (Lipinski definition) is 5. The van der Waals surface area contributed by atoms with Gasteiger partial charge < -0.3 is 9.64 Å². The van der Waals surface area contributed by atoms with Gasteiger partial charge in [0.2, 0.25) is 0 Å². The highest BCUT2D eigenvalue weighted by atomic mass is 35.5. The number of halogens is 2. The van der Waals surface area contributed by atoms with Gasteiger partial charge in [-0.1, -0.05) is 23.7 Å². The van der Waals surface area contributed by atoms with Crippen LogP contribution in [0.25, 0.3) is 0 Å². The quantitative estimate of drug-likeness (QED) is 0.533. The van der Waals surface area contributed by atoms with E-state index in [0.29, 0.717) is 48.9 Å². The summed E-state index contributed by atoms with van der Waals surface area (Å²) in [5, 5.41) is 0.474. The molecule has 180 valence electrons. The molecule has 2 aromatic carbocycles. The predicted octanol–water partition coefficient (Wildman–Crippen LogP) is 3.41. The Morgan fingerprint density at radius 1 is 1.21 bits per heavy atom. The zero-order chi connectivity index (χ0) is 24.0. The van der Waals surface area contributed by atoms with E-state index in [9.17, 15) is 17.6 Å². The highest BCUT2D eigenvalue weighted by Crippen LogP contribution is 2.25. The number of aryl methyl sites for hydroxylation is 1. The van der Waals surface area contributed by atoms with Crippen molar-refractivity contribution in [2.45, 2.75) is 32.4 Å². The molecule has 1 fully saturated rings. The first-order chi connectivity index (χ1) is 15.6. The average molecular weight is 499 g/mol. The van der Waals surface area contributed by atoms with Crippen molar-refractivity contribution in [3.63, 3.8) is 0 Å². The van der Waals surface area contributed by atoms with Crippen LogP contribution in [0.3, 0.4) is 0 Å². The minimum atomic E-state index is -4.05. The van der Waals surface area contributed by atoms with Gasteiger partial charge in [-0.25, -0.2) is 4.39 Å². The molecule has 0 spiro atoms. The number of hydrogen-bond donors (Lipinski definition) is 1. The molecule has 0 radical (unpaired) electrons. The van der Waals surface area contributed by atoms with Gasteiger partial charge in [-0.15, -0.1) is 0 Å². The fourth-order valence-electron chi connectivity index (χ4n) is 3.95. The van der Waals surface area contributed by atoms with E-state index in [1.165, 1.54) is 12.1 Å². The van der Waals surface area contributed by atoms with Gasteiger partial charge in [0.05, 0.1) is 5.75 Å². The van der Waals surface area contributed by atoms with E-state index in [0.717, 1.165) is 5.56 Å². The molecular weight excluding hydrogens is 471 g/mol. The van der Waals surface area contributed by atoms with E-state index in [1.54, 1.807) is 35.2 Å². The second-order valence-electron chi connectivity index (χ2n) is 8.23. The Bertz CT molecular complexity index is 1070. The zero-order valence-corrected chi connectivity index (χ0v) is 20.0. The minimum Gasteiger partial charge on any atom is -0.483 e. The highest BCUT2D eigenvalue weighted by molar-refractivity contribution is 7.85. The maximum atomic E-state index is 13.1. The normalized spacial score (nSPS) is 17.2. The molecule has 33 heavy (non-hydrogen) atoms. The van der Waals surface area contributed by atoms with Crippen LogP contribution in [0, 0.1) is 5.82 Å². The lowest BCUT2D eigenvalue weighted by Gasteiger charge is -2.39. The third-order valence-corrected chi connectivity index (χ3v) is 6.61. The Morgan fingerprint density at radius 3 is 2.61 bits per heavy atom. The van der Waals surface area contributed by atoms with Crippen LogP contribution in [0.5, 0.6) is 5.75 Å². The number of benzene rings is 2. The molecular formula is C23H28ClFN2O5S. The first-order valence-electron chi connectivity index (χ1n) is 10.7. The summed E-state index contributed by atoms with van der Waals surface area (Å²) in [5.74, 6) is -0.296. The molecule has 2 aromatic rings. The molecule has 1 N–H and O–H groups in total. The number of amides is 1. The van der Waals surface area contributed by atoms with Crippen molar-refractivity contribution in [3.05, 3.63) is 64.4 Å². The summed E-state index contributed by atoms with van der Waals surface area (Å²) in [6.45, 7) is 4.50. The molecule has 7 nitrogen and oxygen atoms in total. The lowest BCUT2D eigenvalue weighted by molar-refractivity contribution is -0.138. The number of rotatable bonds is 9. The lowest BCUT2D eigenvalue weighted by Crippen LogP contribution is -2.54. The Labute approximate surface area is 198 Å².